The summed E-state index contributed by atoms with van der Waals surface area (Å²) in [5.41, 5.74) is 3.34. The van der Waals surface area contributed by atoms with E-state index in [1.165, 1.54) is 4.90 Å². The molecule has 96 valence electrons. The molecule has 1 heterocycles. The van der Waals surface area contributed by atoms with Gasteiger partial charge in [-0.1, -0.05) is 12.1 Å². The van der Waals surface area contributed by atoms with Crippen molar-refractivity contribution in [1.82, 2.24) is 9.78 Å². The Labute approximate surface area is 120 Å². The zero-order chi connectivity index (χ0) is 13.1. The van der Waals surface area contributed by atoms with Gasteiger partial charge in [0.25, 0.3) is 0 Å². The lowest BCUT2D eigenvalue weighted by Crippen LogP contribution is -2.06. The molecule has 18 heavy (non-hydrogen) atoms. The minimum Gasteiger partial charge on any atom is -0.378 e. The number of aromatic nitrogens is 2. The largest absolute Gasteiger partial charge is 0.378 e. The molecule has 0 saturated heterocycles. The average molecular weight is 326 g/mol. The van der Waals surface area contributed by atoms with E-state index in [1.54, 1.807) is 11.8 Å². The highest BCUT2D eigenvalue weighted by atomic mass is 79.9. The Kier molecular flexibility index (Phi) is 4.35. The third kappa shape index (κ3) is 2.72. The number of anilines is 1. The predicted molar refractivity (Wildman–Crippen MR) is 81.2 cm³/mol. The van der Waals surface area contributed by atoms with Crippen LogP contribution in [0.2, 0.25) is 0 Å². The van der Waals surface area contributed by atoms with Crippen LogP contribution in [-0.4, -0.2) is 16.0 Å². The number of halogens is 1. The molecule has 2 aromatic rings. The van der Waals surface area contributed by atoms with Crippen LogP contribution in [0.4, 0.5) is 5.69 Å². The lowest BCUT2D eigenvalue weighted by molar-refractivity contribution is 0.712. The summed E-state index contributed by atoms with van der Waals surface area (Å²) >= 11 is 5.33. The van der Waals surface area contributed by atoms with Crippen molar-refractivity contribution < 1.29 is 0 Å². The number of hydrogen-bond donors (Lipinski definition) is 1. The Hall–Kier alpha value is -0.940. The third-order valence-corrected chi connectivity index (χ3v) is 4.64. The van der Waals surface area contributed by atoms with Crippen LogP contribution in [0.1, 0.15) is 11.4 Å². The average Bonchev–Trinajstić information content (AvgIpc) is 2.62. The molecule has 0 aliphatic carbocycles. The van der Waals surface area contributed by atoms with E-state index in [9.17, 15) is 0 Å². The first-order valence-electron chi connectivity index (χ1n) is 5.68. The Morgan fingerprint density at radius 1 is 1.39 bits per heavy atom. The molecule has 5 heteroatoms. The van der Waals surface area contributed by atoms with Crippen LogP contribution in [0.25, 0.3) is 0 Å². The van der Waals surface area contributed by atoms with Crippen molar-refractivity contribution in [3.8, 4) is 0 Å². The summed E-state index contributed by atoms with van der Waals surface area (Å²) in [4.78, 5) is 1.26. The zero-order valence-corrected chi connectivity index (χ0v) is 13.1. The summed E-state index contributed by atoms with van der Waals surface area (Å²) in [5, 5.41) is 7.85. The number of nitrogens with one attached hydrogen (secondary N) is 1. The summed E-state index contributed by atoms with van der Waals surface area (Å²) in [6, 6.07) is 8.33. The molecule has 1 aromatic carbocycles. The van der Waals surface area contributed by atoms with Crippen LogP contribution in [0.5, 0.6) is 0 Å². The van der Waals surface area contributed by atoms with E-state index >= 15 is 0 Å². The highest BCUT2D eigenvalue weighted by molar-refractivity contribution is 9.10. The number of thioether (sulfide) groups is 1. The van der Waals surface area contributed by atoms with Crippen LogP contribution < -0.4 is 5.32 Å². The Balaban J connectivity index is 2.16. The summed E-state index contributed by atoms with van der Waals surface area (Å²) in [5.74, 6) is 0. The minimum atomic E-state index is 0.759. The van der Waals surface area contributed by atoms with E-state index in [2.05, 4.69) is 50.8 Å². The van der Waals surface area contributed by atoms with E-state index in [4.69, 9.17) is 0 Å². The maximum Gasteiger partial charge on any atom is 0.0739 e. The third-order valence-electron chi connectivity index (χ3n) is 2.81. The second-order valence-electron chi connectivity index (χ2n) is 4.02. The molecule has 0 aliphatic rings. The molecular formula is C13H16BrN3S. The molecule has 0 spiro atoms. The monoisotopic (exact) mass is 325 g/mol. The summed E-state index contributed by atoms with van der Waals surface area (Å²) in [7, 11) is 1.97. The van der Waals surface area contributed by atoms with Crippen LogP contribution in [0.15, 0.2) is 33.6 Å². The molecule has 0 fully saturated rings. The summed E-state index contributed by atoms with van der Waals surface area (Å²) in [6.45, 7) is 2.76. The van der Waals surface area contributed by atoms with E-state index < -0.39 is 0 Å². The molecule has 1 N–H and O–H groups in total. The maximum absolute atomic E-state index is 4.39. The van der Waals surface area contributed by atoms with Gasteiger partial charge in [-0.15, -0.1) is 11.8 Å². The van der Waals surface area contributed by atoms with Crippen LogP contribution >= 0.6 is 27.7 Å². The fraction of sp³-hybridized carbons (Fsp3) is 0.308. The fourth-order valence-corrected chi connectivity index (χ4v) is 2.89. The number of rotatable bonds is 4. The molecular weight excluding hydrogens is 310 g/mol. The van der Waals surface area contributed by atoms with Gasteiger partial charge in [0.05, 0.1) is 22.4 Å². The smallest absolute Gasteiger partial charge is 0.0739 e. The molecule has 2 rings (SSSR count). The van der Waals surface area contributed by atoms with Crippen molar-refractivity contribution in [2.75, 3.05) is 11.6 Å². The first-order valence-corrected chi connectivity index (χ1v) is 7.70. The van der Waals surface area contributed by atoms with Gasteiger partial charge < -0.3 is 5.32 Å². The van der Waals surface area contributed by atoms with Gasteiger partial charge in [0.2, 0.25) is 0 Å². The van der Waals surface area contributed by atoms with Gasteiger partial charge in [0, 0.05) is 17.6 Å². The quantitative estimate of drug-likeness (QED) is 0.866. The van der Waals surface area contributed by atoms with Gasteiger partial charge in [-0.2, -0.15) is 5.10 Å². The van der Waals surface area contributed by atoms with Crippen molar-refractivity contribution in [2.24, 2.45) is 7.05 Å². The Morgan fingerprint density at radius 2 is 2.11 bits per heavy atom. The Bertz CT molecular complexity index is 551. The molecule has 0 amide bonds. The normalized spacial score (nSPS) is 10.7. The van der Waals surface area contributed by atoms with E-state index in [-0.39, 0.29) is 0 Å². The van der Waals surface area contributed by atoms with E-state index in [0.717, 1.165) is 28.1 Å². The number of aryl methyl sites for hydroxylation is 2. The molecule has 3 nitrogen and oxygen atoms in total. The Morgan fingerprint density at radius 3 is 2.72 bits per heavy atom. The van der Waals surface area contributed by atoms with Crippen LogP contribution in [0, 0.1) is 6.92 Å². The minimum absolute atomic E-state index is 0.759. The highest BCUT2D eigenvalue weighted by Crippen LogP contribution is 2.26. The second kappa shape index (κ2) is 5.80. The van der Waals surface area contributed by atoms with E-state index in [0.29, 0.717) is 0 Å². The highest BCUT2D eigenvalue weighted by Gasteiger charge is 2.10. The second-order valence-corrected chi connectivity index (χ2v) is 5.66. The SMILES string of the molecule is CSc1ccccc1NCc1c(Br)c(C)nn1C. The number of benzene rings is 1. The van der Waals surface area contributed by atoms with Crippen molar-refractivity contribution in [1.29, 1.82) is 0 Å². The van der Waals surface area contributed by atoms with Crippen molar-refractivity contribution >= 4 is 33.4 Å². The molecule has 0 atom stereocenters. The maximum atomic E-state index is 4.39. The lowest BCUT2D eigenvalue weighted by Gasteiger charge is -2.10. The fourth-order valence-electron chi connectivity index (χ4n) is 1.84. The standard InChI is InChI=1S/C13H16BrN3S/c1-9-13(14)11(17(2)16-9)8-15-10-6-4-5-7-12(10)18-3/h4-7,15H,8H2,1-3H3. The number of para-hydroxylation sites is 1. The van der Waals surface area contributed by atoms with Gasteiger partial charge in [-0.05, 0) is 41.2 Å². The zero-order valence-electron chi connectivity index (χ0n) is 10.7. The number of nitrogens with zero attached hydrogens (tertiary/aromatic N) is 2. The van der Waals surface area contributed by atoms with Crippen molar-refractivity contribution in [3.63, 3.8) is 0 Å². The van der Waals surface area contributed by atoms with Gasteiger partial charge in [0.1, 0.15) is 0 Å². The molecule has 1 aromatic heterocycles. The first-order chi connectivity index (χ1) is 8.63. The van der Waals surface area contributed by atoms with Gasteiger partial charge >= 0.3 is 0 Å². The predicted octanol–water partition coefficient (Wildman–Crippen LogP) is 3.83. The van der Waals surface area contributed by atoms with E-state index in [1.807, 2.05) is 24.7 Å². The topological polar surface area (TPSA) is 29.9 Å². The van der Waals surface area contributed by atoms with Gasteiger partial charge in [-0.25, -0.2) is 0 Å². The first kappa shape index (κ1) is 13.5. The summed E-state index contributed by atoms with van der Waals surface area (Å²) < 4.78 is 2.99. The molecule has 0 saturated carbocycles. The van der Waals surface area contributed by atoms with Gasteiger partial charge in [-0.3, -0.25) is 4.68 Å². The van der Waals surface area contributed by atoms with Crippen molar-refractivity contribution in [2.45, 2.75) is 18.4 Å². The van der Waals surface area contributed by atoms with Crippen LogP contribution in [0.3, 0.4) is 0 Å². The van der Waals surface area contributed by atoms with Gasteiger partial charge in [0.15, 0.2) is 0 Å². The van der Waals surface area contributed by atoms with Crippen molar-refractivity contribution in [3.05, 3.63) is 40.1 Å². The molecule has 0 aliphatic heterocycles. The number of hydrogen-bond acceptors (Lipinski definition) is 3. The molecule has 0 bridgehead atoms. The summed E-state index contributed by atoms with van der Waals surface area (Å²) in [6.07, 6.45) is 2.09. The molecule has 0 unspecified atom stereocenters. The lowest BCUT2D eigenvalue weighted by atomic mass is 10.3. The van der Waals surface area contributed by atoms with Crippen LogP contribution in [-0.2, 0) is 13.6 Å². The molecule has 0 radical (unpaired) electrons.